The fourth-order valence-corrected chi connectivity index (χ4v) is 4.61. The summed E-state index contributed by atoms with van der Waals surface area (Å²) < 4.78 is 16.1. The van der Waals surface area contributed by atoms with Crippen LogP contribution in [0.2, 0.25) is 0 Å². The van der Waals surface area contributed by atoms with Crippen molar-refractivity contribution in [1.29, 1.82) is 0 Å². The number of nitrogens with one attached hydrogen (secondary N) is 1. The number of hydrogen-bond donors (Lipinski definition) is 1. The standard InChI is InChI=1S/C13H25BrNO4PS/c1-2-3-4-5-6-7-9-17-13(16)12-11-19-20(21,15-12)18-10-8-14/h12H,2-11H2,1H3,(H,15,21)/t12-,20?/m0/s1. The minimum absolute atomic E-state index is 0.231. The van der Waals surface area contributed by atoms with Gasteiger partial charge in [0.15, 0.2) is 0 Å². The van der Waals surface area contributed by atoms with Crippen molar-refractivity contribution in [3.63, 3.8) is 0 Å². The lowest BCUT2D eigenvalue weighted by atomic mass is 10.1. The maximum Gasteiger partial charge on any atom is 0.326 e. The van der Waals surface area contributed by atoms with Crippen molar-refractivity contribution in [2.75, 3.05) is 25.2 Å². The summed E-state index contributed by atoms with van der Waals surface area (Å²) in [7, 11) is 0. The van der Waals surface area contributed by atoms with Crippen LogP contribution < -0.4 is 5.09 Å². The third-order valence-corrected chi connectivity index (χ3v) is 6.00. The summed E-state index contributed by atoms with van der Waals surface area (Å²) in [6.07, 6.45) is 7.01. The maximum atomic E-state index is 11.9. The van der Waals surface area contributed by atoms with E-state index >= 15 is 0 Å². The van der Waals surface area contributed by atoms with Gasteiger partial charge in [0.05, 0.1) is 19.8 Å². The molecule has 0 aromatic heterocycles. The van der Waals surface area contributed by atoms with Gasteiger partial charge in [0.1, 0.15) is 6.04 Å². The van der Waals surface area contributed by atoms with Gasteiger partial charge < -0.3 is 13.8 Å². The number of esters is 1. The summed E-state index contributed by atoms with van der Waals surface area (Å²) >= 11 is 8.51. The molecule has 1 aliphatic rings. The van der Waals surface area contributed by atoms with Gasteiger partial charge in [-0.05, 0) is 18.2 Å². The lowest BCUT2D eigenvalue weighted by Crippen LogP contribution is -2.33. The van der Waals surface area contributed by atoms with E-state index < -0.39 is 12.7 Å². The number of rotatable bonds is 11. The molecule has 1 unspecified atom stereocenters. The molecule has 5 nitrogen and oxygen atoms in total. The Morgan fingerprint density at radius 3 is 2.76 bits per heavy atom. The van der Waals surface area contributed by atoms with Crippen LogP contribution in [0.5, 0.6) is 0 Å². The highest BCUT2D eigenvalue weighted by Gasteiger charge is 2.36. The second kappa shape index (κ2) is 11.1. The van der Waals surface area contributed by atoms with E-state index in [1.807, 2.05) is 0 Å². The summed E-state index contributed by atoms with van der Waals surface area (Å²) in [5, 5.41) is 3.64. The van der Waals surface area contributed by atoms with Crippen molar-refractivity contribution in [3.8, 4) is 0 Å². The smallest absolute Gasteiger partial charge is 0.326 e. The number of carbonyl (C=O) groups is 1. The van der Waals surface area contributed by atoms with Gasteiger partial charge in [-0.3, -0.25) is 4.79 Å². The van der Waals surface area contributed by atoms with Crippen LogP contribution in [0.3, 0.4) is 0 Å². The van der Waals surface area contributed by atoms with Gasteiger partial charge in [-0.15, -0.1) is 0 Å². The first kappa shape index (κ1) is 19.5. The molecule has 0 saturated carbocycles. The van der Waals surface area contributed by atoms with Crippen LogP contribution >= 0.6 is 22.6 Å². The molecule has 0 amide bonds. The van der Waals surface area contributed by atoms with E-state index in [1.165, 1.54) is 25.7 Å². The van der Waals surface area contributed by atoms with Gasteiger partial charge in [0.25, 0.3) is 6.64 Å². The molecule has 2 atom stereocenters. The quantitative estimate of drug-likeness (QED) is 0.247. The van der Waals surface area contributed by atoms with Crippen molar-refractivity contribution in [2.24, 2.45) is 0 Å². The number of ether oxygens (including phenoxy) is 1. The third kappa shape index (κ3) is 8.05. The molecule has 0 bridgehead atoms. The summed E-state index contributed by atoms with van der Waals surface area (Å²) in [4.78, 5) is 11.9. The second-order valence-electron chi connectivity index (χ2n) is 4.93. The van der Waals surface area contributed by atoms with E-state index in [4.69, 9.17) is 25.6 Å². The molecule has 21 heavy (non-hydrogen) atoms. The minimum Gasteiger partial charge on any atom is -0.464 e. The maximum absolute atomic E-state index is 11.9. The van der Waals surface area contributed by atoms with Crippen molar-refractivity contribution < 1.29 is 18.6 Å². The van der Waals surface area contributed by atoms with Crippen LogP contribution in [0, 0.1) is 0 Å². The van der Waals surface area contributed by atoms with Gasteiger partial charge in [-0.2, -0.15) is 0 Å². The molecule has 0 aromatic carbocycles. The highest BCUT2D eigenvalue weighted by molar-refractivity contribution is 9.09. The highest BCUT2D eigenvalue weighted by atomic mass is 79.9. The summed E-state index contributed by atoms with van der Waals surface area (Å²) in [6.45, 7) is 0.854. The Hall–Kier alpha value is 0.480. The lowest BCUT2D eigenvalue weighted by Gasteiger charge is -2.15. The molecule has 0 spiro atoms. The average molecular weight is 402 g/mol. The van der Waals surface area contributed by atoms with Crippen LogP contribution in [-0.4, -0.2) is 37.2 Å². The Morgan fingerprint density at radius 2 is 2.05 bits per heavy atom. The molecule has 1 saturated heterocycles. The van der Waals surface area contributed by atoms with Gasteiger partial charge >= 0.3 is 5.97 Å². The molecule has 0 aromatic rings. The monoisotopic (exact) mass is 401 g/mol. The molecule has 0 radical (unpaired) electrons. The molecule has 1 rings (SSSR count). The SMILES string of the molecule is CCCCCCCCOC(=O)[C@@H]1COP(=S)(OCCBr)N1. The largest absolute Gasteiger partial charge is 0.464 e. The predicted molar refractivity (Wildman–Crippen MR) is 91.2 cm³/mol. The fraction of sp³-hybridized carbons (Fsp3) is 0.923. The Morgan fingerprint density at radius 1 is 1.33 bits per heavy atom. The Bertz CT molecular complexity index is 359. The fourth-order valence-electron chi connectivity index (χ4n) is 1.94. The third-order valence-electron chi connectivity index (χ3n) is 3.09. The molecule has 1 N–H and O–H groups in total. The van der Waals surface area contributed by atoms with Crippen LogP contribution in [0.1, 0.15) is 45.4 Å². The zero-order valence-electron chi connectivity index (χ0n) is 12.5. The summed E-state index contributed by atoms with van der Waals surface area (Å²) in [6, 6.07) is -0.494. The van der Waals surface area contributed by atoms with Gasteiger partial charge in [0.2, 0.25) is 0 Å². The van der Waals surface area contributed by atoms with Crippen LogP contribution in [0.15, 0.2) is 0 Å². The van der Waals surface area contributed by atoms with Crippen molar-refractivity contribution in [3.05, 3.63) is 0 Å². The first-order valence-corrected chi connectivity index (χ1v) is 11.3. The normalized spacial score (nSPS) is 25.1. The number of halogens is 1. The van der Waals surface area contributed by atoms with E-state index in [0.717, 1.165) is 12.8 Å². The zero-order valence-corrected chi connectivity index (χ0v) is 15.8. The first-order valence-electron chi connectivity index (χ1n) is 7.51. The zero-order chi connectivity index (χ0) is 15.6. The molecule has 1 fully saturated rings. The van der Waals surface area contributed by atoms with Crippen LogP contribution in [0.25, 0.3) is 0 Å². The lowest BCUT2D eigenvalue weighted by molar-refractivity contribution is -0.145. The predicted octanol–water partition coefficient (Wildman–Crippen LogP) is 3.51. The Kier molecular flexibility index (Phi) is 10.3. The molecule has 0 aliphatic carbocycles. The number of alkyl halides is 1. The van der Waals surface area contributed by atoms with E-state index in [2.05, 4.69) is 27.9 Å². The van der Waals surface area contributed by atoms with E-state index in [9.17, 15) is 4.79 Å². The molecule has 8 heteroatoms. The average Bonchev–Trinajstić information content (AvgIpc) is 2.87. The molecular formula is C13H25BrNO4PS. The number of unbranched alkanes of at least 4 members (excludes halogenated alkanes) is 5. The van der Waals surface area contributed by atoms with E-state index in [0.29, 0.717) is 18.5 Å². The van der Waals surface area contributed by atoms with Gasteiger partial charge in [-0.1, -0.05) is 55.0 Å². The first-order chi connectivity index (χ1) is 10.1. The summed E-state index contributed by atoms with van der Waals surface area (Å²) in [5.74, 6) is -0.294. The van der Waals surface area contributed by atoms with E-state index in [-0.39, 0.29) is 12.6 Å². The topological polar surface area (TPSA) is 56.8 Å². The Labute approximate surface area is 140 Å². The summed E-state index contributed by atoms with van der Waals surface area (Å²) in [5.41, 5.74) is 0. The van der Waals surface area contributed by atoms with Crippen molar-refractivity contribution in [1.82, 2.24) is 5.09 Å². The van der Waals surface area contributed by atoms with Gasteiger partial charge in [0, 0.05) is 5.33 Å². The number of carbonyl (C=O) groups excluding carboxylic acids is 1. The van der Waals surface area contributed by atoms with E-state index in [1.54, 1.807) is 0 Å². The minimum atomic E-state index is -2.50. The Balaban J connectivity index is 2.12. The molecule has 124 valence electrons. The van der Waals surface area contributed by atoms with Crippen molar-refractivity contribution in [2.45, 2.75) is 51.5 Å². The van der Waals surface area contributed by atoms with Gasteiger partial charge in [-0.25, -0.2) is 5.09 Å². The molecular weight excluding hydrogens is 377 g/mol. The second-order valence-corrected chi connectivity index (χ2v) is 8.94. The van der Waals surface area contributed by atoms with Crippen LogP contribution in [0.4, 0.5) is 0 Å². The van der Waals surface area contributed by atoms with Crippen LogP contribution in [-0.2, 0) is 30.4 Å². The molecule has 1 heterocycles. The van der Waals surface area contributed by atoms with Crippen molar-refractivity contribution >= 4 is 40.3 Å². The molecule has 1 aliphatic heterocycles. The number of hydrogen-bond acceptors (Lipinski definition) is 5. The highest BCUT2D eigenvalue weighted by Crippen LogP contribution is 2.48.